The van der Waals surface area contributed by atoms with Gasteiger partial charge in [0, 0.05) is 0 Å². The van der Waals surface area contributed by atoms with Crippen molar-refractivity contribution in [2.24, 2.45) is 0 Å². The molecule has 0 nitrogen and oxygen atoms in total. The second-order valence-corrected chi connectivity index (χ2v) is 60.2. The van der Waals surface area contributed by atoms with Gasteiger partial charge in [-0.05, 0) is 0 Å². The van der Waals surface area contributed by atoms with Crippen molar-refractivity contribution in [3.8, 4) is 22.3 Å². The number of benzene rings is 6. The first-order valence-corrected chi connectivity index (χ1v) is 38.0. The minimum atomic E-state index is -6.14. The Morgan fingerprint density at radius 3 is 1.01 bits per heavy atom. The molecule has 0 spiro atoms. The first-order valence-electron chi connectivity index (χ1n) is 21.7. The summed E-state index contributed by atoms with van der Waals surface area (Å²) in [7, 11) is 17.5. The zero-order valence-electron chi connectivity index (χ0n) is 36.6. The van der Waals surface area contributed by atoms with Crippen LogP contribution >= 0.6 is 17.0 Å². The second kappa shape index (κ2) is 17.5. The number of allylic oxidation sites excluding steroid dienone is 2. The first kappa shape index (κ1) is 50.0. The van der Waals surface area contributed by atoms with Crippen molar-refractivity contribution in [2.45, 2.75) is 71.7 Å². The van der Waals surface area contributed by atoms with Gasteiger partial charge in [0.2, 0.25) is 0 Å². The van der Waals surface area contributed by atoms with Crippen LogP contribution in [-0.4, -0.2) is 5.92 Å². The van der Waals surface area contributed by atoms with E-state index in [9.17, 15) is 52.7 Å². The summed E-state index contributed by atoms with van der Waals surface area (Å²) in [6, 6.07) is 27.9. The van der Waals surface area contributed by atoms with Crippen LogP contribution in [0.15, 0.2) is 121 Å². The molecule has 355 valence electrons. The van der Waals surface area contributed by atoms with Crippen LogP contribution in [0.5, 0.6) is 0 Å². The van der Waals surface area contributed by atoms with Crippen LogP contribution in [0, 0.1) is 0 Å². The average molecular weight is 1080 g/mol. The molecule has 0 saturated carbocycles. The quantitative estimate of drug-likeness (QED) is 0.1000. The zero-order valence-corrected chi connectivity index (χ0v) is 41.8. The molecule has 0 amide bonds. The summed E-state index contributed by atoms with van der Waals surface area (Å²) < 4.78 is 172. The molecule has 2 aliphatic rings. The van der Waals surface area contributed by atoms with Gasteiger partial charge in [-0.25, -0.2) is 0 Å². The summed E-state index contributed by atoms with van der Waals surface area (Å²) in [6.07, 6.45) is -16.5. The third kappa shape index (κ3) is 8.68. The molecule has 2 atom stereocenters. The van der Waals surface area contributed by atoms with Crippen LogP contribution in [-0.2, 0) is 53.1 Å². The van der Waals surface area contributed by atoms with Gasteiger partial charge < -0.3 is 0 Å². The standard InChI is InChI=1S/2C25H17F6.C2H7Si.2ClH.Zr/c2*1-2-15-8-9-17-10-18(16-6-4-3-5-7-16)13-22(17)23(15)19-11-20(24(26,27)28)14-21(12-19)25(29,30)31;1-3-2;;;/h2*3-14H,2H2,1H3;3H,1-2H3;2*1H;/q;;;;;+2/p-2. The maximum absolute atomic E-state index is 14.4. The Bertz CT molecular complexity index is 2740. The van der Waals surface area contributed by atoms with E-state index < -0.39 is 75.7 Å². The van der Waals surface area contributed by atoms with Gasteiger partial charge in [0.1, 0.15) is 0 Å². The molecule has 0 saturated heterocycles. The molecule has 0 radical (unpaired) electrons. The fraction of sp³-hybridized carbons (Fsp3) is 0.231. The molecule has 8 rings (SSSR count). The van der Waals surface area contributed by atoms with Crippen LogP contribution in [0.25, 0.3) is 45.6 Å². The summed E-state index contributed by atoms with van der Waals surface area (Å²) in [5, 5.41) is 0. The Morgan fingerprint density at radius 1 is 0.441 bits per heavy atom. The molecule has 6 aromatic carbocycles. The molecule has 0 N–H and O–H groups in total. The molecular formula is C52H41Cl2F12SiZr. The molecule has 2 unspecified atom stereocenters. The van der Waals surface area contributed by atoms with E-state index in [0.29, 0.717) is 79.9 Å². The Morgan fingerprint density at radius 2 is 0.750 bits per heavy atom. The number of rotatable bonds is 9. The summed E-state index contributed by atoms with van der Waals surface area (Å²) in [5.74, 6) is -2.54. The van der Waals surface area contributed by atoms with Crippen molar-refractivity contribution in [3.05, 3.63) is 188 Å². The number of hydrogen-bond acceptors (Lipinski definition) is 0. The van der Waals surface area contributed by atoms with Gasteiger partial charge in [-0.15, -0.1) is 0 Å². The summed E-state index contributed by atoms with van der Waals surface area (Å²) in [5.41, 5.74) is -1.14. The fourth-order valence-corrected chi connectivity index (χ4v) is 40.3. The van der Waals surface area contributed by atoms with Crippen molar-refractivity contribution < 1.29 is 68.2 Å². The van der Waals surface area contributed by atoms with Gasteiger partial charge in [0.25, 0.3) is 0 Å². The van der Waals surface area contributed by atoms with Gasteiger partial charge in [-0.1, -0.05) is 0 Å². The predicted octanol–water partition coefficient (Wildman–Crippen LogP) is 18.1. The Balaban J connectivity index is 1.48. The van der Waals surface area contributed by atoms with Crippen molar-refractivity contribution in [2.75, 3.05) is 0 Å². The van der Waals surface area contributed by atoms with E-state index in [4.69, 9.17) is 17.0 Å². The topological polar surface area (TPSA) is 0 Å². The molecule has 0 aliphatic heterocycles. The van der Waals surface area contributed by atoms with Crippen molar-refractivity contribution in [3.63, 3.8) is 0 Å². The molecule has 6 aromatic rings. The van der Waals surface area contributed by atoms with Crippen molar-refractivity contribution in [1.82, 2.24) is 0 Å². The second-order valence-electron chi connectivity index (χ2n) is 17.7. The number of halogens is 14. The van der Waals surface area contributed by atoms with E-state index >= 15 is 0 Å². The van der Waals surface area contributed by atoms with Gasteiger partial charge in [0.05, 0.1) is 0 Å². The fourth-order valence-electron chi connectivity index (χ4n) is 10.2. The molecule has 0 aromatic heterocycles. The third-order valence-electron chi connectivity index (χ3n) is 13.5. The number of fused-ring (bicyclic) bond motifs is 2. The zero-order chi connectivity index (χ0) is 49.5. The van der Waals surface area contributed by atoms with Gasteiger partial charge >= 0.3 is 397 Å². The third-order valence-corrected chi connectivity index (χ3v) is 65.1. The van der Waals surface area contributed by atoms with Gasteiger partial charge in [-0.2, -0.15) is 0 Å². The SMILES string of the molecule is CCc1ccc2c(c1-c1cc(C(F)(F)F)cc(C(F)(F)F)c1)C=C(c1ccccc1)[CH]2[Zr]([Cl])([Cl])([CH]1C(c2ccccc2)=Cc2c1ccc(CC)c2-c1cc(C(F)(F)F)cc(C(F)(F)F)c1)[SiH](C)C. The number of aryl methyl sites for hydroxylation is 2. The van der Waals surface area contributed by atoms with Crippen molar-refractivity contribution >= 4 is 46.2 Å². The number of alkyl halides is 12. The maximum atomic E-state index is 14.4. The monoisotopic (exact) mass is 1080 g/mol. The van der Waals surface area contributed by atoms with Gasteiger partial charge in [0.15, 0.2) is 0 Å². The van der Waals surface area contributed by atoms with Crippen LogP contribution in [0.3, 0.4) is 0 Å². The van der Waals surface area contributed by atoms with Crippen molar-refractivity contribution in [1.29, 1.82) is 0 Å². The molecule has 2 aliphatic carbocycles. The summed E-state index contributed by atoms with van der Waals surface area (Å²) >= 11 is -6.14. The summed E-state index contributed by atoms with van der Waals surface area (Å²) in [6.45, 7) is 7.45. The Kier molecular flexibility index (Phi) is 12.9. The van der Waals surface area contributed by atoms with Crippen LogP contribution < -0.4 is 0 Å². The van der Waals surface area contributed by atoms with Crippen LogP contribution in [0.4, 0.5) is 52.7 Å². The van der Waals surface area contributed by atoms with E-state index in [2.05, 4.69) is 0 Å². The van der Waals surface area contributed by atoms with E-state index in [1.165, 1.54) is 0 Å². The first-order chi connectivity index (χ1) is 31.7. The molecule has 0 heterocycles. The number of hydrogen-bond donors (Lipinski definition) is 0. The Hall–Kier alpha value is -4.36. The predicted molar refractivity (Wildman–Crippen MR) is 247 cm³/mol. The Labute approximate surface area is 394 Å². The molecular weight excluding hydrogens is 1040 g/mol. The molecule has 0 fully saturated rings. The molecule has 0 bridgehead atoms. The molecule has 68 heavy (non-hydrogen) atoms. The van der Waals surface area contributed by atoms with E-state index in [1.807, 2.05) is 37.4 Å². The van der Waals surface area contributed by atoms with Crippen LogP contribution in [0.1, 0.15) is 87.9 Å². The normalized spacial score (nSPS) is 17.1. The molecule has 16 heteroatoms. The van der Waals surface area contributed by atoms with Crippen LogP contribution in [0.2, 0.25) is 13.1 Å². The van der Waals surface area contributed by atoms with E-state index in [-0.39, 0.29) is 47.2 Å². The van der Waals surface area contributed by atoms with E-state index in [0.717, 1.165) is 0 Å². The van der Waals surface area contributed by atoms with Gasteiger partial charge in [-0.3, -0.25) is 0 Å². The average Bonchev–Trinajstić information content (AvgIpc) is 3.88. The minimum absolute atomic E-state index is 0.0845. The van der Waals surface area contributed by atoms with E-state index in [1.54, 1.807) is 86.7 Å². The summed E-state index contributed by atoms with van der Waals surface area (Å²) in [4.78, 5) is 0.